The monoisotopic (exact) mass is 341 g/mol. The molecular formula is C11H11N5O4S2. The Morgan fingerprint density at radius 2 is 2.32 bits per heavy atom. The minimum Gasteiger partial charge on any atom is -0.544 e. The Kier molecular flexibility index (Phi) is 5.01. The van der Waals surface area contributed by atoms with E-state index in [1.807, 2.05) is 0 Å². The molecule has 0 aliphatic rings. The number of nitrogens with two attached hydrogens (primary N) is 1. The molecule has 0 unspecified atom stereocenters. The molecule has 3 N–H and O–H groups in total. The Labute approximate surface area is 132 Å². The number of anilines is 2. The third-order valence-electron chi connectivity index (χ3n) is 2.31. The van der Waals surface area contributed by atoms with E-state index in [0.29, 0.717) is 15.8 Å². The van der Waals surface area contributed by atoms with Crippen molar-refractivity contribution in [3.8, 4) is 0 Å². The highest BCUT2D eigenvalue weighted by molar-refractivity contribution is 7.14. The van der Waals surface area contributed by atoms with E-state index in [2.05, 4.69) is 20.3 Å². The molecule has 0 spiro atoms. The number of carbonyl (C=O) groups is 2. The van der Waals surface area contributed by atoms with Crippen LogP contribution in [0.4, 0.5) is 10.1 Å². The average Bonchev–Trinajstić information content (AvgIpc) is 3.04. The molecule has 2 rings (SSSR count). The molecule has 2 aromatic heterocycles. The normalized spacial score (nSPS) is 11.2. The smallest absolute Gasteiger partial charge is 0.280 e. The van der Waals surface area contributed by atoms with E-state index in [4.69, 9.17) is 5.73 Å². The molecule has 0 aliphatic carbocycles. The number of hydrogen-bond acceptors (Lipinski definition) is 9. The second kappa shape index (κ2) is 6.95. The third kappa shape index (κ3) is 3.99. The summed E-state index contributed by atoms with van der Waals surface area (Å²) in [5.74, 6) is -1.77. The predicted molar refractivity (Wildman–Crippen MR) is 78.2 cm³/mol. The van der Waals surface area contributed by atoms with Gasteiger partial charge in [0.15, 0.2) is 22.4 Å². The molecule has 0 aromatic carbocycles. The number of nitrogens with one attached hydrogen (secondary N) is 1. The largest absolute Gasteiger partial charge is 0.544 e. The van der Waals surface area contributed by atoms with Gasteiger partial charge in [0.2, 0.25) is 11.7 Å². The van der Waals surface area contributed by atoms with E-state index in [-0.39, 0.29) is 12.3 Å². The fraction of sp³-hybridized carbons (Fsp3) is 0.182. The Balaban J connectivity index is 2.13. The summed E-state index contributed by atoms with van der Waals surface area (Å²) >= 11 is 2.33. The van der Waals surface area contributed by atoms with E-state index < -0.39 is 11.9 Å². The summed E-state index contributed by atoms with van der Waals surface area (Å²) in [5, 5.41) is 19.1. The van der Waals surface area contributed by atoms with Gasteiger partial charge in [-0.1, -0.05) is 16.5 Å². The van der Waals surface area contributed by atoms with Crippen molar-refractivity contribution in [1.29, 1.82) is 0 Å². The number of oxime groups is 1. The molecule has 1 amide bonds. The number of aromatic nitrogens is 2. The summed E-state index contributed by atoms with van der Waals surface area (Å²) in [7, 11) is 1.31. The summed E-state index contributed by atoms with van der Waals surface area (Å²) in [6.45, 7) is -0.298. The molecule has 0 radical (unpaired) electrons. The van der Waals surface area contributed by atoms with Gasteiger partial charge in [-0.3, -0.25) is 4.79 Å². The molecule has 0 saturated carbocycles. The first-order chi connectivity index (χ1) is 10.5. The van der Waals surface area contributed by atoms with Crippen molar-refractivity contribution in [2.45, 2.75) is 6.54 Å². The fourth-order valence-electron chi connectivity index (χ4n) is 1.49. The van der Waals surface area contributed by atoms with E-state index >= 15 is 0 Å². The van der Waals surface area contributed by atoms with Gasteiger partial charge in [-0.15, -0.1) is 11.3 Å². The van der Waals surface area contributed by atoms with Gasteiger partial charge in [0, 0.05) is 5.38 Å². The van der Waals surface area contributed by atoms with E-state index in [9.17, 15) is 14.7 Å². The SMILES string of the molecule is CO/N=C(/C(=O)Nc1c[n+](CC(=O)[O-])cs1)c1csc(N)n1. The Morgan fingerprint density at radius 1 is 1.55 bits per heavy atom. The maximum atomic E-state index is 12.2. The van der Waals surface area contributed by atoms with Crippen LogP contribution >= 0.6 is 22.7 Å². The molecule has 0 atom stereocenters. The van der Waals surface area contributed by atoms with Gasteiger partial charge < -0.3 is 25.8 Å². The second-order valence-corrected chi connectivity index (χ2v) is 5.68. The van der Waals surface area contributed by atoms with Crippen LogP contribution in [0.1, 0.15) is 5.69 Å². The Bertz CT molecular complexity index is 724. The highest BCUT2D eigenvalue weighted by Gasteiger charge is 2.20. The summed E-state index contributed by atoms with van der Waals surface area (Å²) in [6, 6.07) is 0. The quantitative estimate of drug-likeness (QED) is 0.386. The Morgan fingerprint density at radius 3 is 2.91 bits per heavy atom. The number of amides is 1. The lowest BCUT2D eigenvalue weighted by Gasteiger charge is -2.02. The number of carboxylic acids is 1. The first kappa shape index (κ1) is 15.9. The maximum Gasteiger partial charge on any atom is 0.280 e. The van der Waals surface area contributed by atoms with Gasteiger partial charge in [0.1, 0.15) is 18.8 Å². The van der Waals surface area contributed by atoms with Gasteiger partial charge >= 0.3 is 0 Å². The van der Waals surface area contributed by atoms with Crippen LogP contribution in [-0.2, 0) is 21.0 Å². The third-order valence-corrected chi connectivity index (χ3v) is 3.82. The summed E-state index contributed by atoms with van der Waals surface area (Å²) in [6.07, 6.45) is 1.47. The standard InChI is InChI=1S/C11H11N5O4S2/c1-20-15-9(6-4-21-11(12)13-6)10(19)14-7-2-16(5-22-7)3-8(17)18/h2,4-5H,3H2,1H3,(H3-,12,13,14,17,18,19)/b15-9+. The molecule has 2 heterocycles. The van der Waals surface area contributed by atoms with Crippen molar-refractivity contribution in [3.63, 3.8) is 0 Å². The van der Waals surface area contributed by atoms with Crippen LogP contribution in [0.2, 0.25) is 0 Å². The zero-order valence-electron chi connectivity index (χ0n) is 11.3. The van der Waals surface area contributed by atoms with Crippen LogP contribution in [0.5, 0.6) is 0 Å². The van der Waals surface area contributed by atoms with Crippen molar-refractivity contribution in [2.24, 2.45) is 5.16 Å². The lowest BCUT2D eigenvalue weighted by Crippen LogP contribution is -2.42. The van der Waals surface area contributed by atoms with Crippen LogP contribution in [0.3, 0.4) is 0 Å². The van der Waals surface area contributed by atoms with E-state index in [0.717, 1.165) is 11.3 Å². The van der Waals surface area contributed by atoms with Crippen molar-refractivity contribution in [1.82, 2.24) is 4.98 Å². The number of carbonyl (C=O) groups excluding carboxylic acids is 2. The number of rotatable bonds is 6. The highest BCUT2D eigenvalue weighted by atomic mass is 32.1. The number of nitrogens with zero attached hydrogens (tertiary/aromatic N) is 3. The number of nitrogen functional groups attached to an aromatic ring is 1. The number of thiazole rings is 2. The topological polar surface area (TPSA) is 134 Å². The van der Waals surface area contributed by atoms with Crippen LogP contribution in [0, 0.1) is 0 Å². The lowest BCUT2D eigenvalue weighted by atomic mass is 10.3. The second-order valence-electron chi connectivity index (χ2n) is 3.91. The molecule has 2 aromatic rings. The molecule has 116 valence electrons. The molecule has 0 fully saturated rings. The highest BCUT2D eigenvalue weighted by Crippen LogP contribution is 2.15. The maximum absolute atomic E-state index is 12.2. The molecule has 0 saturated heterocycles. The number of aliphatic carboxylic acids is 1. The van der Waals surface area contributed by atoms with Gasteiger partial charge in [0.25, 0.3) is 5.91 Å². The van der Waals surface area contributed by atoms with Crippen molar-refractivity contribution >= 4 is 50.4 Å². The number of carboxylic acid groups (broad SMARTS) is 1. The van der Waals surface area contributed by atoms with Gasteiger partial charge in [-0.2, -0.15) is 4.57 Å². The Hall–Kier alpha value is -2.53. The summed E-state index contributed by atoms with van der Waals surface area (Å²) in [5.41, 5.74) is 7.33. The summed E-state index contributed by atoms with van der Waals surface area (Å²) in [4.78, 5) is 31.3. The molecular weight excluding hydrogens is 330 g/mol. The van der Waals surface area contributed by atoms with Gasteiger partial charge in [-0.05, 0) is 0 Å². The molecule has 0 aliphatic heterocycles. The minimum absolute atomic E-state index is 0.0321. The van der Waals surface area contributed by atoms with Gasteiger partial charge in [0.05, 0.1) is 0 Å². The average molecular weight is 341 g/mol. The van der Waals surface area contributed by atoms with Crippen LogP contribution < -0.4 is 20.7 Å². The van der Waals surface area contributed by atoms with Crippen LogP contribution in [0.15, 0.2) is 22.2 Å². The van der Waals surface area contributed by atoms with E-state index in [1.165, 1.54) is 29.2 Å². The van der Waals surface area contributed by atoms with E-state index in [1.54, 1.807) is 10.9 Å². The van der Waals surface area contributed by atoms with Crippen molar-refractivity contribution in [3.05, 3.63) is 22.8 Å². The predicted octanol–water partition coefficient (Wildman–Crippen LogP) is -1.19. The fourth-order valence-corrected chi connectivity index (χ4v) is 2.77. The first-order valence-corrected chi connectivity index (χ1v) is 7.57. The van der Waals surface area contributed by atoms with Crippen LogP contribution in [-0.4, -0.2) is 29.7 Å². The minimum atomic E-state index is -1.22. The molecule has 22 heavy (non-hydrogen) atoms. The number of hydrogen-bond donors (Lipinski definition) is 2. The van der Waals surface area contributed by atoms with Crippen LogP contribution in [0.25, 0.3) is 0 Å². The molecule has 9 nitrogen and oxygen atoms in total. The molecule has 0 bridgehead atoms. The zero-order valence-corrected chi connectivity index (χ0v) is 12.9. The van der Waals surface area contributed by atoms with Gasteiger partial charge in [-0.25, -0.2) is 4.98 Å². The first-order valence-electron chi connectivity index (χ1n) is 5.81. The molecule has 11 heteroatoms. The zero-order chi connectivity index (χ0) is 16.1. The lowest BCUT2D eigenvalue weighted by molar-refractivity contribution is -0.685. The van der Waals surface area contributed by atoms with Crippen molar-refractivity contribution in [2.75, 3.05) is 18.2 Å². The summed E-state index contributed by atoms with van der Waals surface area (Å²) < 4.78 is 1.38. The van der Waals surface area contributed by atoms with Crippen molar-refractivity contribution < 1.29 is 24.1 Å².